The van der Waals surface area contributed by atoms with Crippen molar-refractivity contribution >= 4 is 17.3 Å². The van der Waals surface area contributed by atoms with Crippen LogP contribution >= 0.6 is 0 Å². The van der Waals surface area contributed by atoms with Gasteiger partial charge in [-0.1, -0.05) is 0 Å². The number of piperazine rings is 1. The van der Waals surface area contributed by atoms with E-state index in [1.165, 1.54) is 19.2 Å². The van der Waals surface area contributed by atoms with Crippen LogP contribution in [0.5, 0.6) is 5.88 Å². The minimum Gasteiger partial charge on any atom is -0.479 e. The summed E-state index contributed by atoms with van der Waals surface area (Å²) in [6, 6.07) is 5.46. The molecule has 0 aliphatic carbocycles. The summed E-state index contributed by atoms with van der Waals surface area (Å²) in [6.07, 6.45) is 0. The van der Waals surface area contributed by atoms with Crippen LogP contribution in [0.25, 0.3) is 0 Å². The summed E-state index contributed by atoms with van der Waals surface area (Å²) in [6.45, 7) is 6.21. The fourth-order valence-corrected chi connectivity index (χ4v) is 3.16. The Kier molecular flexibility index (Phi) is 6.48. The van der Waals surface area contributed by atoms with Gasteiger partial charge in [0, 0.05) is 43.6 Å². The number of nitrogens with zero attached hydrogens (tertiary/aromatic N) is 4. The lowest BCUT2D eigenvalue weighted by molar-refractivity contribution is 0.129. The van der Waals surface area contributed by atoms with E-state index < -0.39 is 11.6 Å². The first-order valence-electron chi connectivity index (χ1n) is 9.27. The number of guanidine groups is 1. The van der Waals surface area contributed by atoms with Gasteiger partial charge in [-0.2, -0.15) is 0 Å². The van der Waals surface area contributed by atoms with E-state index in [1.807, 2.05) is 29.7 Å². The average molecular weight is 405 g/mol. The number of aryl methyl sites for hydroxylation is 2. The second-order valence-corrected chi connectivity index (χ2v) is 6.76. The van der Waals surface area contributed by atoms with Gasteiger partial charge in [0.1, 0.15) is 17.3 Å². The average Bonchev–Trinajstić information content (AvgIpc) is 2.69. The van der Waals surface area contributed by atoms with E-state index in [-0.39, 0.29) is 0 Å². The first-order chi connectivity index (χ1) is 13.9. The third-order valence-corrected chi connectivity index (χ3v) is 4.82. The highest BCUT2D eigenvalue weighted by molar-refractivity contribution is 5.83. The molecule has 1 aromatic carbocycles. The first-order valence-corrected chi connectivity index (χ1v) is 9.27. The number of hydrogen-bond acceptors (Lipinski definition) is 5. The van der Waals surface area contributed by atoms with Crippen LogP contribution in [0.3, 0.4) is 0 Å². The zero-order valence-electron chi connectivity index (χ0n) is 17.0. The summed E-state index contributed by atoms with van der Waals surface area (Å²) in [5, 5.41) is 0. The maximum Gasteiger partial charge on any atom is 0.240 e. The number of aliphatic imine (C=N–C) groups is 1. The van der Waals surface area contributed by atoms with Crippen LogP contribution in [-0.4, -0.2) is 56.2 Å². The van der Waals surface area contributed by atoms with Gasteiger partial charge in [-0.15, -0.1) is 0 Å². The fraction of sp³-hybridized carbons (Fsp3) is 0.400. The summed E-state index contributed by atoms with van der Waals surface area (Å²) in [5.74, 6) is -0.224. The molecule has 1 aliphatic heterocycles. The number of aromatic nitrogens is 1. The van der Waals surface area contributed by atoms with Gasteiger partial charge in [0.15, 0.2) is 0 Å². The standard InChI is InChI=1S/C20H25F2N5O2/c1-13-9-18(19(28-3)23-14(13)2)24-20(25-29-4)27-7-5-26(6-8-27)17-11-15(21)10-16(22)12-17/h9-12H,5-8H2,1-4H3,(H,24,25). The molecule has 0 radical (unpaired) electrons. The third-order valence-electron chi connectivity index (χ3n) is 4.82. The molecule has 156 valence electrons. The first kappa shape index (κ1) is 20.8. The number of anilines is 1. The van der Waals surface area contributed by atoms with Crippen molar-refractivity contribution in [3.8, 4) is 5.88 Å². The van der Waals surface area contributed by atoms with Crippen LogP contribution in [0, 0.1) is 25.5 Å². The second kappa shape index (κ2) is 9.04. The van der Waals surface area contributed by atoms with Crippen molar-refractivity contribution in [2.45, 2.75) is 13.8 Å². The van der Waals surface area contributed by atoms with Crippen LogP contribution in [0.4, 0.5) is 20.2 Å². The normalized spacial score (nSPS) is 14.9. The Balaban J connectivity index is 1.79. The molecule has 0 amide bonds. The van der Waals surface area contributed by atoms with Crippen molar-refractivity contribution in [2.24, 2.45) is 4.99 Å². The molecule has 2 aromatic rings. The fourth-order valence-electron chi connectivity index (χ4n) is 3.16. The van der Waals surface area contributed by atoms with Crippen LogP contribution < -0.4 is 15.1 Å². The van der Waals surface area contributed by atoms with Crippen LogP contribution in [0.2, 0.25) is 0 Å². The summed E-state index contributed by atoms with van der Waals surface area (Å²) < 4.78 is 32.4. The quantitative estimate of drug-likeness (QED) is 0.480. The van der Waals surface area contributed by atoms with E-state index in [9.17, 15) is 8.78 Å². The third kappa shape index (κ3) is 4.92. The predicted molar refractivity (Wildman–Crippen MR) is 108 cm³/mol. The molecule has 7 nitrogen and oxygen atoms in total. The topological polar surface area (TPSA) is 62.2 Å². The number of methoxy groups -OCH3 is 1. The maximum absolute atomic E-state index is 13.5. The molecule has 1 aromatic heterocycles. The molecule has 0 bridgehead atoms. The Hall–Kier alpha value is -2.94. The summed E-state index contributed by atoms with van der Waals surface area (Å²) >= 11 is 0. The van der Waals surface area contributed by atoms with Crippen LogP contribution in [0.15, 0.2) is 29.3 Å². The van der Waals surface area contributed by atoms with Crippen LogP contribution in [0.1, 0.15) is 11.3 Å². The SMILES string of the molecule is CONC(=Nc1cc(C)c(C)nc1OC)N1CCN(c2cc(F)cc(F)c2)CC1. The minimum atomic E-state index is -0.583. The van der Waals surface area contributed by atoms with Crippen molar-refractivity contribution in [1.29, 1.82) is 0 Å². The van der Waals surface area contributed by atoms with Gasteiger partial charge < -0.3 is 14.5 Å². The molecule has 9 heteroatoms. The van der Waals surface area contributed by atoms with Gasteiger partial charge in [0.05, 0.1) is 14.2 Å². The number of ether oxygens (including phenoxy) is 1. The molecule has 0 saturated carbocycles. The zero-order valence-corrected chi connectivity index (χ0v) is 17.0. The monoisotopic (exact) mass is 405 g/mol. The van der Waals surface area contributed by atoms with E-state index in [0.717, 1.165) is 17.3 Å². The number of benzene rings is 1. The number of hydroxylamine groups is 1. The van der Waals surface area contributed by atoms with Gasteiger partial charge >= 0.3 is 0 Å². The minimum absolute atomic E-state index is 0.428. The molecule has 0 unspecified atom stereocenters. The molecule has 0 spiro atoms. The number of rotatable bonds is 4. The van der Waals surface area contributed by atoms with E-state index in [2.05, 4.69) is 15.5 Å². The van der Waals surface area contributed by atoms with Crippen molar-refractivity contribution in [1.82, 2.24) is 15.4 Å². The lowest BCUT2D eigenvalue weighted by Gasteiger charge is -2.37. The predicted octanol–water partition coefficient (Wildman–Crippen LogP) is 2.95. The molecule has 1 saturated heterocycles. The molecule has 1 aliphatic rings. The van der Waals surface area contributed by atoms with E-state index in [1.54, 1.807) is 7.11 Å². The highest BCUT2D eigenvalue weighted by Crippen LogP contribution is 2.28. The van der Waals surface area contributed by atoms with E-state index >= 15 is 0 Å². The van der Waals surface area contributed by atoms with E-state index in [0.29, 0.717) is 49.4 Å². The largest absolute Gasteiger partial charge is 0.479 e. The van der Waals surface area contributed by atoms with Gasteiger partial charge in [-0.3, -0.25) is 4.84 Å². The number of pyridine rings is 1. The summed E-state index contributed by atoms with van der Waals surface area (Å²) in [4.78, 5) is 18.1. The highest BCUT2D eigenvalue weighted by Gasteiger charge is 2.22. The smallest absolute Gasteiger partial charge is 0.240 e. The number of halogens is 2. The lowest BCUT2D eigenvalue weighted by Crippen LogP contribution is -2.52. The highest BCUT2D eigenvalue weighted by atomic mass is 19.1. The van der Waals surface area contributed by atoms with Gasteiger partial charge in [-0.25, -0.2) is 24.2 Å². The summed E-state index contributed by atoms with van der Waals surface area (Å²) in [7, 11) is 3.06. The van der Waals surface area contributed by atoms with Gasteiger partial charge in [0.2, 0.25) is 11.8 Å². The molecule has 2 heterocycles. The van der Waals surface area contributed by atoms with E-state index in [4.69, 9.17) is 9.57 Å². The zero-order chi connectivity index (χ0) is 21.0. The molecular formula is C20H25F2N5O2. The molecule has 3 rings (SSSR count). The van der Waals surface area contributed by atoms with Crippen molar-refractivity contribution in [2.75, 3.05) is 45.3 Å². The van der Waals surface area contributed by atoms with Crippen LogP contribution in [-0.2, 0) is 4.84 Å². The van der Waals surface area contributed by atoms with Crippen molar-refractivity contribution < 1.29 is 18.4 Å². The molecule has 0 atom stereocenters. The number of hydrogen-bond donors (Lipinski definition) is 1. The molecule has 1 N–H and O–H groups in total. The maximum atomic E-state index is 13.5. The van der Waals surface area contributed by atoms with Gasteiger partial charge in [-0.05, 0) is 37.6 Å². The number of nitrogens with one attached hydrogen (secondary N) is 1. The Morgan fingerprint density at radius 3 is 2.28 bits per heavy atom. The molecule has 1 fully saturated rings. The Morgan fingerprint density at radius 2 is 1.69 bits per heavy atom. The van der Waals surface area contributed by atoms with Crippen molar-refractivity contribution in [3.05, 3.63) is 47.2 Å². The van der Waals surface area contributed by atoms with Crippen molar-refractivity contribution in [3.63, 3.8) is 0 Å². The molecular weight excluding hydrogens is 380 g/mol. The lowest BCUT2D eigenvalue weighted by atomic mass is 10.2. The Morgan fingerprint density at radius 1 is 1.03 bits per heavy atom. The Labute approximate surface area is 168 Å². The Bertz CT molecular complexity index is 878. The second-order valence-electron chi connectivity index (χ2n) is 6.76. The summed E-state index contributed by atoms with van der Waals surface area (Å²) in [5.41, 5.74) is 5.80. The van der Waals surface area contributed by atoms with Gasteiger partial charge in [0.25, 0.3) is 0 Å². The molecule has 29 heavy (non-hydrogen) atoms.